The minimum Gasteiger partial charge on any atom is -0.314 e. The fourth-order valence-electron chi connectivity index (χ4n) is 3.60. The van der Waals surface area contributed by atoms with Gasteiger partial charge in [-0.2, -0.15) is 0 Å². The highest BCUT2D eigenvalue weighted by atomic mass is 16.2. The molecule has 2 heterocycles. The van der Waals surface area contributed by atoms with Gasteiger partial charge in [0.1, 0.15) is 0 Å². The summed E-state index contributed by atoms with van der Waals surface area (Å²) in [5.41, 5.74) is 3.93. The van der Waals surface area contributed by atoms with Gasteiger partial charge in [0.25, 0.3) is 0 Å². The Hall–Kier alpha value is -1.35. The van der Waals surface area contributed by atoms with E-state index in [2.05, 4.69) is 30.4 Å². The molecular weight excluding hydrogens is 260 g/mol. The van der Waals surface area contributed by atoms with Crippen LogP contribution in [0.5, 0.6) is 0 Å². The molecule has 1 saturated heterocycles. The van der Waals surface area contributed by atoms with Crippen molar-refractivity contribution in [2.45, 2.75) is 57.9 Å². The molecule has 2 aliphatic rings. The van der Waals surface area contributed by atoms with Crippen molar-refractivity contribution in [1.82, 2.24) is 5.32 Å². The van der Waals surface area contributed by atoms with Crippen LogP contribution in [0.3, 0.4) is 0 Å². The molecule has 1 aromatic rings. The van der Waals surface area contributed by atoms with Crippen LogP contribution in [0.1, 0.15) is 50.2 Å². The number of aryl methyl sites for hydroxylation is 1. The van der Waals surface area contributed by atoms with Gasteiger partial charge in [-0.3, -0.25) is 4.79 Å². The Morgan fingerprint density at radius 1 is 1.38 bits per heavy atom. The normalized spacial score (nSPS) is 21.4. The third-order valence-electron chi connectivity index (χ3n) is 4.67. The maximum absolute atomic E-state index is 12.2. The van der Waals surface area contributed by atoms with Crippen molar-refractivity contribution in [3.8, 4) is 0 Å². The lowest BCUT2D eigenvalue weighted by Crippen LogP contribution is -2.35. The number of rotatable bonds is 4. The van der Waals surface area contributed by atoms with E-state index in [1.54, 1.807) is 0 Å². The van der Waals surface area contributed by atoms with Gasteiger partial charge in [-0.15, -0.1) is 0 Å². The molecule has 1 N–H and O–H groups in total. The first-order valence-electron chi connectivity index (χ1n) is 8.43. The van der Waals surface area contributed by atoms with Crippen LogP contribution in [0.4, 0.5) is 5.69 Å². The van der Waals surface area contributed by atoms with Gasteiger partial charge < -0.3 is 10.2 Å². The average molecular weight is 286 g/mol. The molecule has 2 aliphatic heterocycles. The van der Waals surface area contributed by atoms with Crippen molar-refractivity contribution in [2.24, 2.45) is 0 Å². The van der Waals surface area contributed by atoms with Gasteiger partial charge >= 0.3 is 0 Å². The number of nitrogens with zero attached hydrogens (tertiary/aromatic N) is 1. The van der Waals surface area contributed by atoms with Crippen molar-refractivity contribution >= 4 is 11.6 Å². The van der Waals surface area contributed by atoms with Gasteiger partial charge in [0.15, 0.2) is 0 Å². The lowest BCUT2D eigenvalue weighted by Gasteiger charge is -2.30. The Morgan fingerprint density at radius 2 is 2.29 bits per heavy atom. The third kappa shape index (κ3) is 3.29. The Bertz CT molecular complexity index is 506. The van der Waals surface area contributed by atoms with Crippen LogP contribution in [0.15, 0.2) is 18.2 Å². The molecule has 1 amide bonds. The molecule has 0 aromatic heterocycles. The molecule has 0 spiro atoms. The van der Waals surface area contributed by atoms with Crippen LogP contribution in [0.2, 0.25) is 0 Å². The van der Waals surface area contributed by atoms with Gasteiger partial charge in [0.05, 0.1) is 0 Å². The number of anilines is 1. The maximum Gasteiger partial charge on any atom is 0.226 e. The van der Waals surface area contributed by atoms with E-state index in [1.165, 1.54) is 24.0 Å². The van der Waals surface area contributed by atoms with Crippen LogP contribution in [-0.4, -0.2) is 25.0 Å². The second kappa shape index (κ2) is 6.61. The Labute approximate surface area is 127 Å². The SMILES string of the molecule is CCCC(=O)N1CCCc2cc(CC3CCCN3)ccc21. The minimum atomic E-state index is 0.281. The standard InChI is InChI=1S/C18H26N2O/c1-2-5-18(21)20-11-4-6-15-12-14(8-9-17(15)20)13-16-7-3-10-19-16/h8-9,12,16,19H,2-7,10-11,13H2,1H3. The Balaban J connectivity index is 1.76. The zero-order valence-electron chi connectivity index (χ0n) is 13.0. The van der Waals surface area contributed by atoms with Gasteiger partial charge in [-0.05, 0) is 62.3 Å². The molecule has 21 heavy (non-hydrogen) atoms. The second-order valence-electron chi connectivity index (χ2n) is 6.36. The lowest BCUT2D eigenvalue weighted by atomic mass is 9.96. The van der Waals surface area contributed by atoms with Crippen molar-refractivity contribution in [3.05, 3.63) is 29.3 Å². The van der Waals surface area contributed by atoms with Crippen LogP contribution in [0, 0.1) is 0 Å². The molecule has 114 valence electrons. The highest BCUT2D eigenvalue weighted by Gasteiger charge is 2.22. The molecular formula is C18H26N2O. The summed E-state index contributed by atoms with van der Waals surface area (Å²) in [5, 5.41) is 3.56. The molecule has 3 heteroatoms. The highest BCUT2D eigenvalue weighted by molar-refractivity contribution is 5.94. The predicted octanol–water partition coefficient (Wildman–Crippen LogP) is 3.06. The second-order valence-corrected chi connectivity index (χ2v) is 6.36. The summed E-state index contributed by atoms with van der Waals surface area (Å²) >= 11 is 0. The Kier molecular flexibility index (Phi) is 4.59. The van der Waals surface area contributed by atoms with Crippen molar-refractivity contribution in [2.75, 3.05) is 18.0 Å². The summed E-state index contributed by atoms with van der Waals surface area (Å²) in [7, 11) is 0. The number of fused-ring (bicyclic) bond motifs is 1. The van der Waals surface area contributed by atoms with Gasteiger partial charge in [0.2, 0.25) is 5.91 Å². The average Bonchev–Trinajstić information content (AvgIpc) is 2.99. The van der Waals surface area contributed by atoms with Crippen LogP contribution in [-0.2, 0) is 17.6 Å². The number of carbonyl (C=O) groups excluding carboxylic acids is 1. The quantitative estimate of drug-likeness (QED) is 0.922. The number of amides is 1. The molecule has 3 rings (SSSR count). The van der Waals surface area contributed by atoms with E-state index in [0.29, 0.717) is 12.5 Å². The fourth-order valence-corrected chi connectivity index (χ4v) is 3.60. The molecule has 1 fully saturated rings. The summed E-state index contributed by atoms with van der Waals surface area (Å²) in [6.07, 6.45) is 7.50. The summed E-state index contributed by atoms with van der Waals surface area (Å²) in [4.78, 5) is 14.2. The summed E-state index contributed by atoms with van der Waals surface area (Å²) in [5.74, 6) is 0.281. The van der Waals surface area contributed by atoms with E-state index in [-0.39, 0.29) is 5.91 Å². The van der Waals surface area contributed by atoms with Gasteiger partial charge in [0, 0.05) is 24.7 Å². The molecule has 3 nitrogen and oxygen atoms in total. The highest BCUT2D eigenvalue weighted by Crippen LogP contribution is 2.29. The monoisotopic (exact) mass is 286 g/mol. The zero-order valence-corrected chi connectivity index (χ0v) is 13.0. The number of nitrogens with one attached hydrogen (secondary N) is 1. The predicted molar refractivity (Wildman–Crippen MR) is 86.8 cm³/mol. The number of hydrogen-bond donors (Lipinski definition) is 1. The first kappa shape index (κ1) is 14.6. The first-order valence-corrected chi connectivity index (χ1v) is 8.43. The van der Waals surface area contributed by atoms with E-state index < -0.39 is 0 Å². The molecule has 0 aliphatic carbocycles. The fraction of sp³-hybridized carbons (Fsp3) is 0.611. The number of benzene rings is 1. The number of carbonyl (C=O) groups is 1. The van der Waals surface area contributed by atoms with E-state index in [1.807, 2.05) is 4.90 Å². The first-order chi connectivity index (χ1) is 10.3. The smallest absolute Gasteiger partial charge is 0.226 e. The lowest BCUT2D eigenvalue weighted by molar-refractivity contribution is -0.118. The molecule has 1 aromatic carbocycles. The zero-order chi connectivity index (χ0) is 14.7. The maximum atomic E-state index is 12.2. The third-order valence-corrected chi connectivity index (χ3v) is 4.67. The van der Waals surface area contributed by atoms with Gasteiger partial charge in [-0.25, -0.2) is 0 Å². The van der Waals surface area contributed by atoms with Crippen molar-refractivity contribution in [3.63, 3.8) is 0 Å². The van der Waals surface area contributed by atoms with Crippen molar-refractivity contribution < 1.29 is 4.79 Å². The van der Waals surface area contributed by atoms with Crippen molar-refractivity contribution in [1.29, 1.82) is 0 Å². The molecule has 0 bridgehead atoms. The van der Waals surface area contributed by atoms with E-state index in [4.69, 9.17) is 0 Å². The molecule has 1 atom stereocenters. The Morgan fingerprint density at radius 3 is 3.05 bits per heavy atom. The largest absolute Gasteiger partial charge is 0.314 e. The number of hydrogen-bond acceptors (Lipinski definition) is 2. The summed E-state index contributed by atoms with van der Waals surface area (Å²) in [6.45, 7) is 4.12. The molecule has 1 unspecified atom stereocenters. The van der Waals surface area contributed by atoms with E-state index in [0.717, 1.165) is 44.5 Å². The van der Waals surface area contributed by atoms with E-state index >= 15 is 0 Å². The van der Waals surface area contributed by atoms with Crippen LogP contribution < -0.4 is 10.2 Å². The van der Waals surface area contributed by atoms with Crippen LogP contribution in [0.25, 0.3) is 0 Å². The molecule has 0 saturated carbocycles. The van der Waals surface area contributed by atoms with E-state index in [9.17, 15) is 4.79 Å². The summed E-state index contributed by atoms with van der Waals surface area (Å²) < 4.78 is 0. The molecule has 0 radical (unpaired) electrons. The summed E-state index contributed by atoms with van der Waals surface area (Å²) in [6, 6.07) is 7.37. The minimum absolute atomic E-state index is 0.281. The topological polar surface area (TPSA) is 32.3 Å². The van der Waals surface area contributed by atoms with Crippen LogP contribution >= 0.6 is 0 Å². The van der Waals surface area contributed by atoms with Gasteiger partial charge in [-0.1, -0.05) is 19.1 Å².